The second-order valence-electron chi connectivity index (χ2n) is 6.97. The van der Waals surface area contributed by atoms with Crippen LogP contribution in [0.15, 0.2) is 24.3 Å². The highest BCUT2D eigenvalue weighted by atomic mass is 16.2. The SMILES string of the molecule is CCC(NCC(=O)N(C)Cc1ccccc1C)C1CCCCC1. The maximum absolute atomic E-state index is 12.4. The van der Waals surface area contributed by atoms with Crippen LogP contribution in [-0.2, 0) is 11.3 Å². The molecule has 1 fully saturated rings. The molecule has 2 rings (SSSR count). The predicted octanol–water partition coefficient (Wildman–Crippen LogP) is 3.90. The number of aryl methyl sites for hydroxylation is 1. The average Bonchev–Trinajstić information content (AvgIpc) is 2.58. The van der Waals surface area contributed by atoms with Crippen molar-refractivity contribution in [3.63, 3.8) is 0 Å². The van der Waals surface area contributed by atoms with Gasteiger partial charge in [0, 0.05) is 19.6 Å². The molecule has 0 heterocycles. The van der Waals surface area contributed by atoms with E-state index in [2.05, 4.69) is 31.3 Å². The number of hydrogen-bond acceptors (Lipinski definition) is 2. The van der Waals surface area contributed by atoms with Gasteiger partial charge in [0.2, 0.25) is 5.91 Å². The number of amides is 1. The van der Waals surface area contributed by atoms with Crippen LogP contribution in [0.2, 0.25) is 0 Å². The highest BCUT2D eigenvalue weighted by Crippen LogP contribution is 2.27. The molecule has 1 N–H and O–H groups in total. The fourth-order valence-corrected chi connectivity index (χ4v) is 3.67. The number of benzene rings is 1. The van der Waals surface area contributed by atoms with Gasteiger partial charge in [0.1, 0.15) is 0 Å². The first-order valence-corrected chi connectivity index (χ1v) is 9.13. The van der Waals surface area contributed by atoms with E-state index in [1.165, 1.54) is 43.2 Å². The summed E-state index contributed by atoms with van der Waals surface area (Å²) in [5, 5.41) is 3.53. The molecule has 3 heteroatoms. The molecular weight excluding hydrogens is 284 g/mol. The van der Waals surface area contributed by atoms with Crippen molar-refractivity contribution in [1.29, 1.82) is 0 Å². The maximum atomic E-state index is 12.4. The van der Waals surface area contributed by atoms with E-state index in [-0.39, 0.29) is 5.91 Å². The van der Waals surface area contributed by atoms with Crippen molar-refractivity contribution in [3.8, 4) is 0 Å². The van der Waals surface area contributed by atoms with Crippen molar-refractivity contribution < 1.29 is 4.79 Å². The number of likely N-dealkylation sites (N-methyl/N-ethyl adjacent to an activating group) is 1. The van der Waals surface area contributed by atoms with Crippen LogP contribution in [0, 0.1) is 12.8 Å². The highest BCUT2D eigenvalue weighted by molar-refractivity contribution is 5.78. The molecule has 1 atom stereocenters. The van der Waals surface area contributed by atoms with Crippen molar-refractivity contribution in [2.75, 3.05) is 13.6 Å². The quantitative estimate of drug-likeness (QED) is 0.827. The van der Waals surface area contributed by atoms with Gasteiger partial charge in [-0.05, 0) is 43.2 Å². The van der Waals surface area contributed by atoms with Crippen LogP contribution in [0.25, 0.3) is 0 Å². The van der Waals surface area contributed by atoms with Crippen molar-refractivity contribution in [1.82, 2.24) is 10.2 Å². The fraction of sp³-hybridized carbons (Fsp3) is 0.650. The summed E-state index contributed by atoms with van der Waals surface area (Å²) in [7, 11) is 1.90. The van der Waals surface area contributed by atoms with Crippen LogP contribution in [-0.4, -0.2) is 30.4 Å². The van der Waals surface area contributed by atoms with Crippen molar-refractivity contribution in [2.45, 2.75) is 65.0 Å². The van der Waals surface area contributed by atoms with Gasteiger partial charge >= 0.3 is 0 Å². The first kappa shape index (κ1) is 18.0. The summed E-state index contributed by atoms with van der Waals surface area (Å²) in [4.78, 5) is 14.3. The standard InChI is InChI=1S/C20H32N2O/c1-4-19(17-11-6-5-7-12-17)21-14-20(23)22(3)15-18-13-9-8-10-16(18)2/h8-10,13,17,19,21H,4-7,11-12,14-15H2,1-3H3. The molecule has 1 amide bonds. The molecule has 1 aromatic carbocycles. The molecule has 0 aliphatic heterocycles. The molecule has 0 radical (unpaired) electrons. The second kappa shape index (κ2) is 9.07. The number of nitrogens with one attached hydrogen (secondary N) is 1. The van der Waals surface area contributed by atoms with Crippen LogP contribution in [0.4, 0.5) is 0 Å². The Balaban J connectivity index is 1.81. The molecule has 1 unspecified atom stereocenters. The van der Waals surface area contributed by atoms with E-state index in [0.29, 0.717) is 19.1 Å². The summed E-state index contributed by atoms with van der Waals surface area (Å²) in [6.07, 6.45) is 7.83. The minimum atomic E-state index is 0.183. The van der Waals surface area contributed by atoms with Gasteiger partial charge in [0.05, 0.1) is 6.54 Å². The van der Waals surface area contributed by atoms with Crippen LogP contribution < -0.4 is 5.32 Å². The van der Waals surface area contributed by atoms with E-state index in [1.807, 2.05) is 24.1 Å². The predicted molar refractivity (Wildman–Crippen MR) is 96.3 cm³/mol. The molecular formula is C20H32N2O. The minimum absolute atomic E-state index is 0.183. The molecule has 1 aromatic rings. The lowest BCUT2D eigenvalue weighted by Gasteiger charge is -2.30. The Bertz CT molecular complexity index is 494. The van der Waals surface area contributed by atoms with Gasteiger partial charge in [-0.3, -0.25) is 4.79 Å². The first-order chi connectivity index (χ1) is 11.1. The van der Waals surface area contributed by atoms with Gasteiger partial charge in [-0.1, -0.05) is 50.5 Å². The van der Waals surface area contributed by atoms with Crippen molar-refractivity contribution >= 4 is 5.91 Å². The molecule has 0 spiro atoms. The molecule has 0 saturated heterocycles. The van der Waals surface area contributed by atoms with Gasteiger partial charge in [-0.2, -0.15) is 0 Å². The summed E-state index contributed by atoms with van der Waals surface area (Å²) in [6, 6.07) is 8.77. The topological polar surface area (TPSA) is 32.3 Å². The van der Waals surface area contributed by atoms with E-state index in [9.17, 15) is 4.79 Å². The zero-order chi connectivity index (χ0) is 16.7. The van der Waals surface area contributed by atoms with E-state index in [1.54, 1.807) is 0 Å². The Hall–Kier alpha value is -1.35. The normalized spacial score (nSPS) is 17.0. The lowest BCUT2D eigenvalue weighted by molar-refractivity contribution is -0.129. The third kappa shape index (κ3) is 5.35. The van der Waals surface area contributed by atoms with E-state index >= 15 is 0 Å². The van der Waals surface area contributed by atoms with Gasteiger partial charge in [0.15, 0.2) is 0 Å². The van der Waals surface area contributed by atoms with Crippen LogP contribution in [0.3, 0.4) is 0 Å². The summed E-state index contributed by atoms with van der Waals surface area (Å²) in [6.45, 7) is 5.47. The highest BCUT2D eigenvalue weighted by Gasteiger charge is 2.23. The molecule has 1 aliphatic carbocycles. The Morgan fingerprint density at radius 1 is 1.26 bits per heavy atom. The average molecular weight is 316 g/mol. The monoisotopic (exact) mass is 316 g/mol. The van der Waals surface area contributed by atoms with Gasteiger partial charge in [-0.15, -0.1) is 0 Å². The Kier molecular flexibility index (Phi) is 7.10. The number of nitrogens with zero attached hydrogens (tertiary/aromatic N) is 1. The zero-order valence-electron chi connectivity index (χ0n) is 15.0. The maximum Gasteiger partial charge on any atom is 0.236 e. The Morgan fingerprint density at radius 2 is 1.96 bits per heavy atom. The molecule has 23 heavy (non-hydrogen) atoms. The molecule has 0 bridgehead atoms. The van der Waals surface area contributed by atoms with Crippen LogP contribution >= 0.6 is 0 Å². The van der Waals surface area contributed by atoms with Crippen molar-refractivity contribution in [2.24, 2.45) is 5.92 Å². The number of hydrogen-bond donors (Lipinski definition) is 1. The summed E-state index contributed by atoms with van der Waals surface area (Å²) >= 11 is 0. The minimum Gasteiger partial charge on any atom is -0.340 e. The third-order valence-corrected chi connectivity index (χ3v) is 5.27. The number of rotatable bonds is 7. The van der Waals surface area contributed by atoms with E-state index in [4.69, 9.17) is 0 Å². The molecule has 128 valence electrons. The van der Waals surface area contributed by atoms with Crippen LogP contribution in [0.1, 0.15) is 56.6 Å². The molecule has 1 saturated carbocycles. The molecule has 1 aliphatic rings. The fourth-order valence-electron chi connectivity index (χ4n) is 3.67. The van der Waals surface area contributed by atoms with Gasteiger partial charge in [0.25, 0.3) is 0 Å². The summed E-state index contributed by atoms with van der Waals surface area (Å²) < 4.78 is 0. The lowest BCUT2D eigenvalue weighted by Crippen LogP contribution is -2.43. The summed E-state index contributed by atoms with van der Waals surface area (Å²) in [5.41, 5.74) is 2.47. The zero-order valence-corrected chi connectivity index (χ0v) is 15.0. The van der Waals surface area contributed by atoms with Crippen LogP contribution in [0.5, 0.6) is 0 Å². The number of carbonyl (C=O) groups excluding carboxylic acids is 1. The third-order valence-electron chi connectivity index (χ3n) is 5.27. The largest absolute Gasteiger partial charge is 0.340 e. The molecule has 3 nitrogen and oxygen atoms in total. The lowest BCUT2D eigenvalue weighted by atomic mass is 9.83. The van der Waals surface area contributed by atoms with Crippen molar-refractivity contribution in [3.05, 3.63) is 35.4 Å². The first-order valence-electron chi connectivity index (χ1n) is 9.13. The summed E-state index contributed by atoms with van der Waals surface area (Å²) in [5.74, 6) is 0.936. The van der Waals surface area contributed by atoms with E-state index in [0.717, 1.165) is 12.3 Å². The number of carbonyl (C=O) groups is 1. The van der Waals surface area contributed by atoms with E-state index < -0.39 is 0 Å². The Labute approximate surface area is 141 Å². The van der Waals surface area contributed by atoms with Gasteiger partial charge in [-0.25, -0.2) is 0 Å². The second-order valence-corrected chi connectivity index (χ2v) is 6.97. The Morgan fingerprint density at radius 3 is 2.61 bits per heavy atom. The molecule has 0 aromatic heterocycles. The smallest absolute Gasteiger partial charge is 0.236 e. The van der Waals surface area contributed by atoms with Gasteiger partial charge < -0.3 is 10.2 Å².